The minimum absolute atomic E-state index is 0.256. The van der Waals surface area contributed by atoms with Crippen LogP contribution in [-0.4, -0.2) is 32.5 Å². The summed E-state index contributed by atoms with van der Waals surface area (Å²) in [4.78, 5) is 27.7. The number of carbonyl (C=O) groups excluding carboxylic acids is 1. The van der Waals surface area contributed by atoms with E-state index in [0.717, 1.165) is 37.5 Å². The van der Waals surface area contributed by atoms with Gasteiger partial charge in [0.25, 0.3) is 5.91 Å². The number of benzene rings is 2. The van der Waals surface area contributed by atoms with E-state index in [1.54, 1.807) is 48.1 Å². The van der Waals surface area contributed by atoms with Gasteiger partial charge in [-0.2, -0.15) is 4.72 Å². The number of amides is 1. The second-order valence-corrected chi connectivity index (χ2v) is 10.4. The fourth-order valence-corrected chi connectivity index (χ4v) is 6.05. The smallest absolute Gasteiger partial charge is 0.251 e. The Balaban J connectivity index is 1.54. The number of hydrogen-bond acceptors (Lipinski definition) is 8. The van der Waals surface area contributed by atoms with Crippen LogP contribution in [0.1, 0.15) is 15.9 Å². The summed E-state index contributed by atoms with van der Waals surface area (Å²) in [7, 11) is 1.51. The molecular weight excluding hydrogens is 494 g/mol. The summed E-state index contributed by atoms with van der Waals surface area (Å²) in [5, 5.41) is 2.95. The monoisotopic (exact) mass is 513 g/mol. The zero-order valence-corrected chi connectivity index (χ0v) is 20.7. The van der Waals surface area contributed by atoms with Gasteiger partial charge < -0.3 is 14.6 Å². The zero-order valence-electron chi connectivity index (χ0n) is 19.0. The summed E-state index contributed by atoms with van der Waals surface area (Å²) in [5.74, 6) is 0.0581. The Kier molecular flexibility index (Phi) is 5.76. The molecule has 8 bridgehead atoms. The van der Waals surface area contributed by atoms with E-state index in [2.05, 4.69) is 25.0 Å². The van der Waals surface area contributed by atoms with Crippen molar-refractivity contribution in [3.63, 3.8) is 0 Å². The minimum Gasteiger partial charge on any atom is -0.588 e. The molecule has 0 spiro atoms. The van der Waals surface area contributed by atoms with Gasteiger partial charge in [-0.25, -0.2) is 15.0 Å². The lowest BCUT2D eigenvalue weighted by Crippen LogP contribution is -2.23. The number of hydrogen-bond donors (Lipinski definition) is 2. The summed E-state index contributed by atoms with van der Waals surface area (Å²) >= 11 is -0.0947. The van der Waals surface area contributed by atoms with E-state index in [4.69, 9.17) is 4.74 Å². The van der Waals surface area contributed by atoms with Crippen LogP contribution in [0.15, 0.2) is 78.1 Å². The number of anilines is 1. The molecule has 1 unspecified atom stereocenters. The molecule has 0 fully saturated rings. The molecule has 3 aromatic heterocycles. The standard InChI is InChI=1S/C26H19N5O3S2/c1-34-26-21-10-18(13-28-26)22-11-20-24(35-22)23(30-14-29-20)16-5-2-4-15(8-16)12-27-25(32)17-6-3-7-19(9-17)36(33)31-21/h2-11,13-14,31H,12H2,1H3,(H,27,32). The van der Waals surface area contributed by atoms with Gasteiger partial charge in [0, 0.05) is 40.4 Å². The molecule has 4 heterocycles. The molecule has 2 aromatic carbocycles. The van der Waals surface area contributed by atoms with Crippen molar-refractivity contribution in [2.45, 2.75) is 11.4 Å². The summed E-state index contributed by atoms with van der Waals surface area (Å²) in [6.07, 6.45) is 3.27. The van der Waals surface area contributed by atoms with Crippen molar-refractivity contribution in [1.29, 1.82) is 0 Å². The third-order valence-corrected chi connectivity index (χ3v) is 8.07. The summed E-state index contributed by atoms with van der Waals surface area (Å²) < 4.78 is 22.5. The van der Waals surface area contributed by atoms with Crippen molar-refractivity contribution in [2.75, 3.05) is 11.8 Å². The van der Waals surface area contributed by atoms with E-state index in [0.29, 0.717) is 28.6 Å². The SMILES string of the molecule is COc1ncc2cc1N[S+]([O-])c1cccc(c1)C(=O)NCc1cccc(c1)-c1ncnc3cc-2sc13. The van der Waals surface area contributed by atoms with E-state index in [-0.39, 0.29) is 5.91 Å². The highest BCUT2D eigenvalue weighted by Crippen LogP contribution is 2.39. The number of aromatic nitrogens is 3. The van der Waals surface area contributed by atoms with Gasteiger partial charge in [-0.05, 0) is 35.9 Å². The van der Waals surface area contributed by atoms with E-state index < -0.39 is 11.4 Å². The lowest BCUT2D eigenvalue weighted by molar-refractivity contribution is 0.0950. The molecule has 2 N–H and O–H groups in total. The number of nitrogens with zero attached hydrogens (tertiary/aromatic N) is 3. The summed E-state index contributed by atoms with van der Waals surface area (Å²) in [6.45, 7) is 0.343. The first-order valence-electron chi connectivity index (χ1n) is 11.0. The maximum Gasteiger partial charge on any atom is 0.251 e. The molecule has 6 rings (SSSR count). The lowest BCUT2D eigenvalue weighted by Gasteiger charge is -2.15. The van der Waals surface area contributed by atoms with Crippen molar-refractivity contribution < 1.29 is 14.1 Å². The molecule has 0 saturated heterocycles. The highest BCUT2D eigenvalue weighted by molar-refractivity contribution is 7.92. The van der Waals surface area contributed by atoms with Crippen LogP contribution in [0.3, 0.4) is 0 Å². The van der Waals surface area contributed by atoms with Crippen LogP contribution in [0.5, 0.6) is 5.88 Å². The van der Waals surface area contributed by atoms with Crippen LogP contribution >= 0.6 is 11.3 Å². The van der Waals surface area contributed by atoms with Gasteiger partial charge in [0.15, 0.2) is 4.90 Å². The van der Waals surface area contributed by atoms with Gasteiger partial charge in [-0.1, -0.05) is 24.3 Å². The van der Waals surface area contributed by atoms with Crippen LogP contribution in [0.2, 0.25) is 0 Å². The second-order valence-electron chi connectivity index (χ2n) is 8.11. The number of thiophene rings is 1. The van der Waals surface area contributed by atoms with Gasteiger partial charge >= 0.3 is 0 Å². The van der Waals surface area contributed by atoms with Crippen LogP contribution in [0, 0.1) is 0 Å². The van der Waals surface area contributed by atoms with E-state index in [1.807, 2.05) is 36.4 Å². The fourth-order valence-electron chi connectivity index (χ4n) is 4.05. The maximum absolute atomic E-state index is 13.2. The Hall–Kier alpha value is -3.99. The first-order chi connectivity index (χ1) is 17.6. The van der Waals surface area contributed by atoms with Crippen LogP contribution in [0.4, 0.5) is 5.69 Å². The largest absolute Gasteiger partial charge is 0.588 e. The van der Waals surface area contributed by atoms with Crippen molar-refractivity contribution in [2.24, 2.45) is 0 Å². The number of fused-ring (bicyclic) bond motifs is 9. The predicted molar refractivity (Wildman–Crippen MR) is 140 cm³/mol. The predicted octanol–water partition coefficient (Wildman–Crippen LogP) is 4.81. The number of ether oxygens (including phenoxy) is 1. The average molecular weight is 514 g/mol. The first-order valence-corrected chi connectivity index (χ1v) is 13.0. The van der Waals surface area contributed by atoms with Crippen molar-refractivity contribution in [3.8, 4) is 27.6 Å². The highest BCUT2D eigenvalue weighted by Gasteiger charge is 2.20. The van der Waals surface area contributed by atoms with Crippen molar-refractivity contribution in [1.82, 2.24) is 20.3 Å². The van der Waals surface area contributed by atoms with Crippen molar-refractivity contribution >= 4 is 44.5 Å². The highest BCUT2D eigenvalue weighted by atomic mass is 32.2. The average Bonchev–Trinajstić information content (AvgIpc) is 3.36. The lowest BCUT2D eigenvalue weighted by atomic mass is 10.1. The normalized spacial score (nSPS) is 15.1. The minimum atomic E-state index is -1.65. The topological polar surface area (TPSA) is 112 Å². The number of nitrogens with one attached hydrogen (secondary N) is 2. The molecule has 36 heavy (non-hydrogen) atoms. The van der Waals surface area contributed by atoms with Crippen LogP contribution in [0.25, 0.3) is 31.9 Å². The van der Waals surface area contributed by atoms with Gasteiger partial charge in [0.1, 0.15) is 23.4 Å². The molecule has 1 atom stereocenters. The number of rotatable bonds is 1. The fraction of sp³-hybridized carbons (Fsp3) is 0.0769. The molecule has 0 aliphatic carbocycles. The van der Waals surface area contributed by atoms with E-state index in [1.165, 1.54) is 7.11 Å². The third-order valence-electron chi connectivity index (χ3n) is 5.81. The van der Waals surface area contributed by atoms with E-state index in [9.17, 15) is 9.35 Å². The molecule has 1 aliphatic heterocycles. The van der Waals surface area contributed by atoms with Crippen LogP contribution < -0.4 is 14.8 Å². The van der Waals surface area contributed by atoms with Crippen molar-refractivity contribution in [3.05, 3.63) is 84.3 Å². The Morgan fingerprint density at radius 2 is 1.86 bits per heavy atom. The van der Waals surface area contributed by atoms with Gasteiger partial charge in [0.05, 0.1) is 23.0 Å². The molecule has 8 nitrogen and oxygen atoms in total. The van der Waals surface area contributed by atoms with Gasteiger partial charge in [-0.3, -0.25) is 4.79 Å². The molecule has 0 radical (unpaired) electrons. The van der Waals surface area contributed by atoms with E-state index >= 15 is 0 Å². The molecule has 178 valence electrons. The quantitative estimate of drug-likeness (QED) is 0.310. The molecule has 10 heteroatoms. The Morgan fingerprint density at radius 3 is 2.75 bits per heavy atom. The van der Waals surface area contributed by atoms with Crippen LogP contribution in [-0.2, 0) is 17.9 Å². The number of carbonyl (C=O) groups is 1. The number of pyridine rings is 1. The second kappa shape index (κ2) is 9.23. The molecule has 1 aliphatic rings. The van der Waals surface area contributed by atoms with Gasteiger partial charge in [-0.15, -0.1) is 11.3 Å². The first kappa shape index (κ1) is 22.5. The third kappa shape index (κ3) is 4.15. The Labute approximate surface area is 213 Å². The Morgan fingerprint density at radius 1 is 1.00 bits per heavy atom. The molecule has 0 saturated carbocycles. The molecule has 1 amide bonds. The summed E-state index contributed by atoms with van der Waals surface area (Å²) in [6, 6.07) is 18.5. The zero-order chi connectivity index (χ0) is 24.6. The summed E-state index contributed by atoms with van der Waals surface area (Å²) in [5.41, 5.74) is 5.24. The molecular formula is C26H19N5O3S2. The number of methoxy groups -OCH3 is 1. The maximum atomic E-state index is 13.2. The Bertz CT molecular complexity index is 1620. The molecule has 5 aromatic rings. The van der Waals surface area contributed by atoms with Gasteiger partial charge in [0.2, 0.25) is 5.88 Å².